The van der Waals surface area contributed by atoms with Crippen molar-refractivity contribution in [2.45, 2.75) is 31.3 Å². The van der Waals surface area contributed by atoms with Crippen molar-refractivity contribution in [3.05, 3.63) is 0 Å². The topological polar surface area (TPSA) is 120 Å². The van der Waals surface area contributed by atoms with Crippen molar-refractivity contribution in [2.24, 2.45) is 5.73 Å². The Morgan fingerprint density at radius 3 is 2.09 bits per heavy atom. The lowest BCUT2D eigenvalue weighted by atomic mass is 10.1. The maximum absolute atomic E-state index is 12.1. The standard InChI is InChI=1S/C14H32N6O2/c1-16-7-4-5-11(15)13(21)20-12(6-8-17-2)14(22)19-10-9-18-3/h11-12,16-18H,4-10,15H2,1-3H3,(H,19,22)(H,20,21)/t11-,12-/m0/s1. The first-order valence-corrected chi connectivity index (χ1v) is 7.84. The molecule has 0 saturated heterocycles. The summed E-state index contributed by atoms with van der Waals surface area (Å²) >= 11 is 0. The molecule has 0 fully saturated rings. The zero-order chi connectivity index (χ0) is 16.8. The normalized spacial score (nSPS) is 13.5. The predicted molar refractivity (Wildman–Crippen MR) is 88.5 cm³/mol. The molecule has 0 unspecified atom stereocenters. The van der Waals surface area contributed by atoms with E-state index in [-0.39, 0.29) is 11.8 Å². The minimum absolute atomic E-state index is 0.179. The maximum atomic E-state index is 12.1. The van der Waals surface area contributed by atoms with E-state index >= 15 is 0 Å². The Balaban J connectivity index is 4.36. The van der Waals surface area contributed by atoms with Crippen LogP contribution in [0, 0.1) is 0 Å². The SMILES string of the molecule is CNCCC[C@H](N)C(=O)N[C@@H](CCNC)C(=O)NCCNC. The average molecular weight is 316 g/mol. The molecule has 2 atom stereocenters. The molecule has 0 aromatic rings. The summed E-state index contributed by atoms with van der Waals surface area (Å²) in [6.45, 7) is 2.66. The molecule has 0 aliphatic rings. The summed E-state index contributed by atoms with van der Waals surface area (Å²) in [7, 11) is 5.48. The predicted octanol–water partition coefficient (Wildman–Crippen LogP) is -2.26. The van der Waals surface area contributed by atoms with Crippen LogP contribution in [0.15, 0.2) is 0 Å². The second-order valence-electron chi connectivity index (χ2n) is 5.20. The van der Waals surface area contributed by atoms with Gasteiger partial charge in [-0.2, -0.15) is 0 Å². The van der Waals surface area contributed by atoms with Gasteiger partial charge in [0, 0.05) is 13.1 Å². The third-order valence-electron chi connectivity index (χ3n) is 3.27. The quantitative estimate of drug-likeness (QED) is 0.213. The van der Waals surface area contributed by atoms with Gasteiger partial charge < -0.3 is 32.3 Å². The molecule has 0 heterocycles. The largest absolute Gasteiger partial charge is 0.353 e. The molecule has 7 N–H and O–H groups in total. The van der Waals surface area contributed by atoms with E-state index in [1.54, 1.807) is 7.05 Å². The van der Waals surface area contributed by atoms with Gasteiger partial charge in [-0.05, 0) is 53.5 Å². The van der Waals surface area contributed by atoms with Gasteiger partial charge in [0.25, 0.3) is 0 Å². The van der Waals surface area contributed by atoms with E-state index in [9.17, 15) is 9.59 Å². The number of rotatable bonds is 13. The number of likely N-dealkylation sites (N-methyl/N-ethyl adjacent to an activating group) is 1. The first-order chi connectivity index (χ1) is 10.6. The Morgan fingerprint density at radius 1 is 0.864 bits per heavy atom. The van der Waals surface area contributed by atoms with Crippen molar-refractivity contribution in [1.29, 1.82) is 0 Å². The summed E-state index contributed by atoms with van der Waals surface area (Å²) in [5, 5.41) is 14.5. The van der Waals surface area contributed by atoms with Crippen molar-refractivity contribution in [1.82, 2.24) is 26.6 Å². The highest BCUT2D eigenvalue weighted by Gasteiger charge is 2.22. The number of nitrogens with two attached hydrogens (primary N) is 1. The minimum Gasteiger partial charge on any atom is -0.353 e. The van der Waals surface area contributed by atoms with Gasteiger partial charge in [0.2, 0.25) is 11.8 Å². The zero-order valence-electron chi connectivity index (χ0n) is 14.0. The number of nitrogens with one attached hydrogen (secondary N) is 5. The van der Waals surface area contributed by atoms with Crippen LogP contribution in [0.3, 0.4) is 0 Å². The highest BCUT2D eigenvalue weighted by molar-refractivity contribution is 5.89. The number of carbonyl (C=O) groups excluding carboxylic acids is 2. The van der Waals surface area contributed by atoms with E-state index in [1.165, 1.54) is 0 Å². The van der Waals surface area contributed by atoms with E-state index in [0.29, 0.717) is 32.5 Å². The second kappa shape index (κ2) is 13.4. The van der Waals surface area contributed by atoms with Crippen LogP contribution in [-0.4, -0.2) is 71.2 Å². The maximum Gasteiger partial charge on any atom is 0.242 e. The van der Waals surface area contributed by atoms with Crippen molar-refractivity contribution >= 4 is 11.8 Å². The first kappa shape index (κ1) is 20.8. The molecule has 2 amide bonds. The molecule has 130 valence electrons. The molecule has 0 radical (unpaired) electrons. The number of hydrogen-bond donors (Lipinski definition) is 6. The van der Waals surface area contributed by atoms with Gasteiger partial charge in [0.15, 0.2) is 0 Å². The molecule has 0 aliphatic carbocycles. The summed E-state index contributed by atoms with van der Waals surface area (Å²) in [5.74, 6) is -0.456. The van der Waals surface area contributed by atoms with Crippen LogP contribution in [0.5, 0.6) is 0 Å². The first-order valence-electron chi connectivity index (χ1n) is 7.84. The highest BCUT2D eigenvalue weighted by atomic mass is 16.2. The fourth-order valence-corrected chi connectivity index (χ4v) is 1.90. The third kappa shape index (κ3) is 9.67. The molecule has 8 heteroatoms. The van der Waals surface area contributed by atoms with Gasteiger partial charge in [-0.3, -0.25) is 9.59 Å². The van der Waals surface area contributed by atoms with Crippen LogP contribution < -0.4 is 32.3 Å². The third-order valence-corrected chi connectivity index (χ3v) is 3.27. The van der Waals surface area contributed by atoms with Crippen LogP contribution in [-0.2, 0) is 9.59 Å². The van der Waals surface area contributed by atoms with Crippen molar-refractivity contribution in [2.75, 3.05) is 47.3 Å². The molecule has 0 aromatic heterocycles. The summed E-state index contributed by atoms with van der Waals surface area (Å²) in [6.07, 6.45) is 1.93. The Labute approximate surface area is 133 Å². The number of amides is 2. The van der Waals surface area contributed by atoms with E-state index in [0.717, 1.165) is 13.0 Å². The fraction of sp³-hybridized carbons (Fsp3) is 0.857. The second-order valence-corrected chi connectivity index (χ2v) is 5.20. The Hall–Kier alpha value is -1.22. The van der Waals surface area contributed by atoms with Crippen molar-refractivity contribution in [3.63, 3.8) is 0 Å². The molecular weight excluding hydrogens is 284 g/mol. The molecule has 0 aromatic carbocycles. The van der Waals surface area contributed by atoms with E-state index in [4.69, 9.17) is 5.73 Å². The fourth-order valence-electron chi connectivity index (χ4n) is 1.90. The molecule has 0 spiro atoms. The van der Waals surface area contributed by atoms with Crippen molar-refractivity contribution < 1.29 is 9.59 Å². The molecule has 0 rings (SSSR count). The molecular formula is C14H32N6O2. The molecule has 0 saturated carbocycles. The Morgan fingerprint density at radius 2 is 1.50 bits per heavy atom. The molecule has 22 heavy (non-hydrogen) atoms. The molecule has 0 aliphatic heterocycles. The van der Waals surface area contributed by atoms with E-state index in [1.807, 2.05) is 14.1 Å². The number of carbonyl (C=O) groups is 2. The number of hydrogen-bond acceptors (Lipinski definition) is 6. The molecule has 8 nitrogen and oxygen atoms in total. The van der Waals surface area contributed by atoms with Gasteiger partial charge in [-0.25, -0.2) is 0 Å². The summed E-state index contributed by atoms with van der Waals surface area (Å²) < 4.78 is 0. The minimum atomic E-state index is -0.587. The van der Waals surface area contributed by atoms with Crippen molar-refractivity contribution in [3.8, 4) is 0 Å². The Kier molecular flexibility index (Phi) is 12.7. The van der Waals surface area contributed by atoms with Gasteiger partial charge in [-0.15, -0.1) is 0 Å². The summed E-state index contributed by atoms with van der Waals surface area (Å²) in [5.41, 5.74) is 5.86. The smallest absolute Gasteiger partial charge is 0.242 e. The zero-order valence-corrected chi connectivity index (χ0v) is 14.0. The van der Waals surface area contributed by atoms with Crippen LogP contribution in [0.1, 0.15) is 19.3 Å². The van der Waals surface area contributed by atoms with Gasteiger partial charge in [0.05, 0.1) is 6.04 Å². The van der Waals surface area contributed by atoms with E-state index in [2.05, 4.69) is 26.6 Å². The average Bonchev–Trinajstić information content (AvgIpc) is 2.51. The van der Waals surface area contributed by atoms with Crippen LogP contribution in [0.2, 0.25) is 0 Å². The van der Waals surface area contributed by atoms with Crippen LogP contribution >= 0.6 is 0 Å². The summed E-state index contributed by atoms with van der Waals surface area (Å²) in [4.78, 5) is 24.2. The van der Waals surface area contributed by atoms with Gasteiger partial charge >= 0.3 is 0 Å². The lowest BCUT2D eigenvalue weighted by Crippen LogP contribution is -2.53. The molecule has 0 bridgehead atoms. The monoisotopic (exact) mass is 316 g/mol. The van der Waals surface area contributed by atoms with Gasteiger partial charge in [0.1, 0.15) is 6.04 Å². The lowest BCUT2D eigenvalue weighted by molar-refractivity contribution is -0.129. The Bertz CT molecular complexity index is 314. The summed E-state index contributed by atoms with van der Waals surface area (Å²) in [6, 6.07) is -1.15. The van der Waals surface area contributed by atoms with Crippen LogP contribution in [0.4, 0.5) is 0 Å². The highest BCUT2D eigenvalue weighted by Crippen LogP contribution is 1.97. The van der Waals surface area contributed by atoms with Gasteiger partial charge in [-0.1, -0.05) is 0 Å². The van der Waals surface area contributed by atoms with E-state index < -0.39 is 12.1 Å². The van der Waals surface area contributed by atoms with Crippen LogP contribution in [0.25, 0.3) is 0 Å². The lowest BCUT2D eigenvalue weighted by Gasteiger charge is -2.20.